The summed E-state index contributed by atoms with van der Waals surface area (Å²) < 4.78 is 13.6. The van der Waals surface area contributed by atoms with Gasteiger partial charge in [-0.1, -0.05) is 23.2 Å². The normalized spacial score (nSPS) is 10.4. The van der Waals surface area contributed by atoms with Gasteiger partial charge >= 0.3 is 0 Å². The molecule has 2 nitrogen and oxygen atoms in total. The smallest absolute Gasteiger partial charge is 0.144 e. The Morgan fingerprint density at radius 2 is 2.00 bits per heavy atom. The second kappa shape index (κ2) is 5.21. The number of nitrogens with one attached hydrogen (secondary N) is 1. The lowest BCUT2D eigenvalue weighted by atomic mass is 10.3. The van der Waals surface area contributed by atoms with Crippen LogP contribution < -0.4 is 5.32 Å². The Labute approximate surface area is 116 Å². The summed E-state index contributed by atoms with van der Waals surface area (Å²) in [7, 11) is 0. The third-order valence-electron chi connectivity index (χ3n) is 1.99. The first-order valence-electron chi connectivity index (χ1n) is 4.59. The summed E-state index contributed by atoms with van der Waals surface area (Å²) in [4.78, 5) is 4.09. The predicted octanol–water partition coefficient (Wildman–Crippen LogP) is 5.03. The number of nitrogens with zero attached hydrogens (tertiary/aromatic N) is 1. The van der Waals surface area contributed by atoms with Gasteiger partial charge in [-0.2, -0.15) is 0 Å². The van der Waals surface area contributed by atoms with Crippen molar-refractivity contribution in [2.24, 2.45) is 0 Å². The first-order valence-corrected chi connectivity index (χ1v) is 6.14. The number of benzene rings is 1. The zero-order chi connectivity index (χ0) is 12.4. The van der Waals surface area contributed by atoms with Crippen molar-refractivity contribution >= 4 is 50.6 Å². The summed E-state index contributed by atoms with van der Waals surface area (Å²) in [5, 5.41) is 3.79. The molecule has 1 aromatic carbocycles. The fraction of sp³-hybridized carbons (Fsp3) is 0. The van der Waals surface area contributed by atoms with Crippen molar-refractivity contribution in [3.8, 4) is 0 Å². The maximum atomic E-state index is 12.9. The van der Waals surface area contributed by atoms with Crippen LogP contribution in [0.3, 0.4) is 0 Å². The van der Waals surface area contributed by atoms with Crippen molar-refractivity contribution in [2.75, 3.05) is 5.32 Å². The first kappa shape index (κ1) is 12.6. The molecule has 17 heavy (non-hydrogen) atoms. The highest BCUT2D eigenvalue weighted by Gasteiger charge is 2.06. The fourth-order valence-electron chi connectivity index (χ4n) is 1.22. The van der Waals surface area contributed by atoms with Crippen LogP contribution in [0.4, 0.5) is 15.9 Å². The van der Waals surface area contributed by atoms with E-state index in [1.807, 2.05) is 0 Å². The average molecular weight is 336 g/mol. The van der Waals surface area contributed by atoms with Gasteiger partial charge in [-0.05, 0) is 40.2 Å². The summed E-state index contributed by atoms with van der Waals surface area (Å²) in [5.74, 6) is 0.173. The number of anilines is 2. The van der Waals surface area contributed by atoms with E-state index in [1.165, 1.54) is 18.3 Å². The Bertz CT molecular complexity index is 514. The van der Waals surface area contributed by atoms with Crippen molar-refractivity contribution < 1.29 is 4.39 Å². The molecular weight excluding hydrogens is 330 g/mol. The standard InChI is InChI=1S/C11H6BrCl2FN2/c12-8-3-6(13)5-16-11(8)17-10-2-1-7(15)4-9(10)14/h1-5H,(H,16,17). The number of pyridine rings is 1. The van der Waals surface area contributed by atoms with E-state index in [2.05, 4.69) is 26.2 Å². The molecule has 1 heterocycles. The molecule has 1 aromatic heterocycles. The number of hydrogen-bond acceptors (Lipinski definition) is 2. The second-order valence-electron chi connectivity index (χ2n) is 3.23. The second-order valence-corrected chi connectivity index (χ2v) is 4.93. The minimum absolute atomic E-state index is 0.286. The summed E-state index contributed by atoms with van der Waals surface area (Å²) in [6.45, 7) is 0. The zero-order valence-corrected chi connectivity index (χ0v) is 11.4. The summed E-state index contributed by atoms with van der Waals surface area (Å²) in [5.41, 5.74) is 0.573. The zero-order valence-electron chi connectivity index (χ0n) is 8.35. The number of hydrogen-bond donors (Lipinski definition) is 1. The summed E-state index contributed by atoms with van der Waals surface area (Å²) in [6.07, 6.45) is 1.51. The molecule has 2 rings (SSSR count). The molecule has 0 aliphatic rings. The molecule has 0 aliphatic carbocycles. The van der Waals surface area contributed by atoms with E-state index < -0.39 is 0 Å². The van der Waals surface area contributed by atoms with Crippen LogP contribution in [0.5, 0.6) is 0 Å². The van der Waals surface area contributed by atoms with Crippen molar-refractivity contribution in [1.82, 2.24) is 4.98 Å². The average Bonchev–Trinajstić information content (AvgIpc) is 2.25. The molecule has 0 fully saturated rings. The highest BCUT2D eigenvalue weighted by Crippen LogP contribution is 2.30. The van der Waals surface area contributed by atoms with Gasteiger partial charge in [-0.25, -0.2) is 9.37 Å². The van der Waals surface area contributed by atoms with Gasteiger partial charge in [0.15, 0.2) is 0 Å². The lowest BCUT2D eigenvalue weighted by Crippen LogP contribution is -1.95. The molecule has 0 aliphatic heterocycles. The maximum absolute atomic E-state index is 12.9. The molecule has 0 saturated carbocycles. The van der Waals surface area contributed by atoms with Crippen LogP contribution in [-0.2, 0) is 0 Å². The Kier molecular flexibility index (Phi) is 3.86. The van der Waals surface area contributed by atoms with Gasteiger partial charge in [0.2, 0.25) is 0 Å². The fourth-order valence-corrected chi connectivity index (χ4v) is 2.18. The van der Waals surface area contributed by atoms with E-state index in [0.29, 0.717) is 21.0 Å². The summed E-state index contributed by atoms with van der Waals surface area (Å²) >= 11 is 15.0. The van der Waals surface area contributed by atoms with Crippen LogP contribution >= 0.6 is 39.1 Å². The molecular formula is C11H6BrCl2FN2. The van der Waals surface area contributed by atoms with Gasteiger partial charge in [-0.3, -0.25) is 0 Å². The van der Waals surface area contributed by atoms with E-state index in [1.54, 1.807) is 12.1 Å². The van der Waals surface area contributed by atoms with Gasteiger partial charge in [-0.15, -0.1) is 0 Å². The largest absolute Gasteiger partial charge is 0.338 e. The topological polar surface area (TPSA) is 24.9 Å². The van der Waals surface area contributed by atoms with Crippen LogP contribution in [0.2, 0.25) is 10.0 Å². The number of aromatic nitrogens is 1. The Hall–Kier alpha value is -0.840. The lowest BCUT2D eigenvalue weighted by Gasteiger charge is -2.09. The molecule has 6 heteroatoms. The molecule has 0 spiro atoms. The quantitative estimate of drug-likeness (QED) is 0.832. The maximum Gasteiger partial charge on any atom is 0.144 e. The molecule has 0 bridgehead atoms. The van der Waals surface area contributed by atoms with Crippen LogP contribution in [0.1, 0.15) is 0 Å². The van der Waals surface area contributed by atoms with Crippen molar-refractivity contribution in [3.63, 3.8) is 0 Å². The molecule has 88 valence electrons. The van der Waals surface area contributed by atoms with Gasteiger partial charge in [0.1, 0.15) is 11.6 Å². The minimum Gasteiger partial charge on any atom is -0.338 e. The van der Waals surface area contributed by atoms with Crippen LogP contribution in [0, 0.1) is 5.82 Å². The number of halogens is 4. The predicted molar refractivity (Wildman–Crippen MR) is 71.6 cm³/mol. The van der Waals surface area contributed by atoms with Crippen LogP contribution in [0.15, 0.2) is 34.9 Å². The monoisotopic (exact) mass is 334 g/mol. The van der Waals surface area contributed by atoms with E-state index in [-0.39, 0.29) is 10.8 Å². The third-order valence-corrected chi connectivity index (χ3v) is 3.12. The SMILES string of the molecule is Fc1ccc(Nc2ncc(Cl)cc2Br)c(Cl)c1. The van der Waals surface area contributed by atoms with E-state index in [9.17, 15) is 4.39 Å². The molecule has 1 N–H and O–H groups in total. The third kappa shape index (κ3) is 3.09. The molecule has 0 atom stereocenters. The van der Waals surface area contributed by atoms with E-state index >= 15 is 0 Å². The highest BCUT2D eigenvalue weighted by atomic mass is 79.9. The van der Waals surface area contributed by atoms with Gasteiger partial charge in [0.05, 0.1) is 20.2 Å². The first-order chi connectivity index (χ1) is 8.06. The van der Waals surface area contributed by atoms with Crippen molar-refractivity contribution in [3.05, 3.63) is 50.8 Å². The minimum atomic E-state index is -0.385. The van der Waals surface area contributed by atoms with Crippen molar-refractivity contribution in [1.29, 1.82) is 0 Å². The molecule has 2 aromatic rings. The van der Waals surface area contributed by atoms with Gasteiger partial charge in [0.25, 0.3) is 0 Å². The van der Waals surface area contributed by atoms with E-state index in [0.717, 1.165) is 0 Å². The van der Waals surface area contributed by atoms with Crippen LogP contribution in [0.25, 0.3) is 0 Å². The van der Waals surface area contributed by atoms with Crippen molar-refractivity contribution in [2.45, 2.75) is 0 Å². The van der Waals surface area contributed by atoms with Gasteiger partial charge in [0, 0.05) is 6.20 Å². The summed E-state index contributed by atoms with van der Waals surface area (Å²) in [6, 6.07) is 5.79. The lowest BCUT2D eigenvalue weighted by molar-refractivity contribution is 0.628. The Balaban J connectivity index is 2.31. The Morgan fingerprint density at radius 3 is 2.65 bits per heavy atom. The Morgan fingerprint density at radius 1 is 1.24 bits per heavy atom. The van der Waals surface area contributed by atoms with Crippen LogP contribution in [-0.4, -0.2) is 4.98 Å². The molecule has 0 radical (unpaired) electrons. The van der Waals surface area contributed by atoms with E-state index in [4.69, 9.17) is 23.2 Å². The molecule has 0 saturated heterocycles. The highest BCUT2D eigenvalue weighted by molar-refractivity contribution is 9.10. The molecule has 0 unspecified atom stereocenters. The molecule has 0 amide bonds. The number of rotatable bonds is 2. The van der Waals surface area contributed by atoms with Gasteiger partial charge < -0.3 is 5.32 Å².